The van der Waals surface area contributed by atoms with E-state index in [4.69, 9.17) is 0 Å². The fourth-order valence-electron chi connectivity index (χ4n) is 2.64. The first kappa shape index (κ1) is 18.5. The summed E-state index contributed by atoms with van der Waals surface area (Å²) in [6.45, 7) is 4.79. The molecule has 120 valence electrons. The number of halogens is 1. The molecule has 2 aromatic carbocycles. The van der Waals surface area contributed by atoms with Crippen molar-refractivity contribution in [2.45, 2.75) is 32.5 Å². The molecule has 0 radical (unpaired) electrons. The number of anilines is 2. The van der Waals surface area contributed by atoms with Crippen molar-refractivity contribution in [1.29, 1.82) is 0 Å². The van der Waals surface area contributed by atoms with Crippen LogP contribution in [0.15, 0.2) is 60.7 Å². The molecule has 0 aliphatic carbocycles. The van der Waals surface area contributed by atoms with Crippen LogP contribution in [-0.4, -0.2) is 17.5 Å². The van der Waals surface area contributed by atoms with Crippen LogP contribution < -0.4 is 10.2 Å². The maximum absolute atomic E-state index is 11.2. The van der Waals surface area contributed by atoms with Crippen LogP contribution >= 0.6 is 12.4 Å². The van der Waals surface area contributed by atoms with Gasteiger partial charge >= 0.3 is 0 Å². The van der Waals surface area contributed by atoms with Crippen LogP contribution in [0.5, 0.6) is 0 Å². The van der Waals surface area contributed by atoms with E-state index in [9.17, 15) is 5.11 Å². The Morgan fingerprint density at radius 2 is 1.36 bits per heavy atom. The fourth-order valence-corrected chi connectivity index (χ4v) is 2.64. The summed E-state index contributed by atoms with van der Waals surface area (Å²) in [4.78, 5) is 1.97. The third kappa shape index (κ3) is 4.23. The topological polar surface area (TPSA) is 35.5 Å². The first-order valence-electron chi connectivity index (χ1n) is 7.59. The normalized spacial score (nSPS) is 13.0. The predicted molar refractivity (Wildman–Crippen MR) is 95.8 cm³/mol. The number of rotatable bonds is 7. The van der Waals surface area contributed by atoms with Gasteiger partial charge in [-0.05, 0) is 30.8 Å². The third-order valence-corrected chi connectivity index (χ3v) is 3.46. The summed E-state index contributed by atoms with van der Waals surface area (Å²) in [5.41, 5.74) is 1.95. The summed E-state index contributed by atoms with van der Waals surface area (Å²) in [7, 11) is 0. The van der Waals surface area contributed by atoms with E-state index < -0.39 is 5.85 Å². The van der Waals surface area contributed by atoms with Gasteiger partial charge < -0.3 is 10.0 Å². The lowest BCUT2D eigenvalue weighted by molar-refractivity contribution is 0.00463. The Kier molecular flexibility index (Phi) is 7.39. The second-order valence-corrected chi connectivity index (χ2v) is 5.10. The maximum Gasteiger partial charge on any atom is 0.199 e. The number of hydrogen-bond donors (Lipinski definition) is 2. The summed E-state index contributed by atoms with van der Waals surface area (Å²) in [6.07, 6.45) is 1.53. The standard InChI is InChI=1S/C18H24N2O.ClH/c1-3-15-18(21,19-4-2)20(16-11-7-5-8-12-16)17-13-9-6-10-14-17;/h5-14,19,21H,3-4,15H2,1-2H3;1H. The van der Waals surface area contributed by atoms with Crippen molar-refractivity contribution in [1.82, 2.24) is 5.32 Å². The molecule has 0 amide bonds. The Labute approximate surface area is 139 Å². The van der Waals surface area contributed by atoms with Gasteiger partial charge in [-0.25, -0.2) is 0 Å². The molecule has 22 heavy (non-hydrogen) atoms. The Balaban J connectivity index is 0.00000242. The van der Waals surface area contributed by atoms with Gasteiger partial charge in [0.15, 0.2) is 5.85 Å². The van der Waals surface area contributed by atoms with Gasteiger partial charge in [0.25, 0.3) is 0 Å². The second-order valence-electron chi connectivity index (χ2n) is 5.10. The lowest BCUT2D eigenvalue weighted by Crippen LogP contribution is -2.57. The van der Waals surface area contributed by atoms with E-state index in [2.05, 4.69) is 12.2 Å². The van der Waals surface area contributed by atoms with E-state index in [1.165, 1.54) is 0 Å². The highest BCUT2D eigenvalue weighted by Gasteiger charge is 2.34. The molecule has 0 saturated heterocycles. The van der Waals surface area contributed by atoms with Crippen molar-refractivity contribution in [3.8, 4) is 0 Å². The van der Waals surface area contributed by atoms with Crippen LogP contribution in [0.2, 0.25) is 0 Å². The molecule has 0 spiro atoms. The first-order chi connectivity index (χ1) is 10.2. The summed E-state index contributed by atoms with van der Waals surface area (Å²) in [6, 6.07) is 20.0. The summed E-state index contributed by atoms with van der Waals surface area (Å²) >= 11 is 0. The molecule has 0 heterocycles. The molecule has 0 aliphatic heterocycles. The highest BCUT2D eigenvalue weighted by atomic mass is 35.5. The number of nitrogens with zero attached hydrogens (tertiary/aromatic N) is 1. The van der Waals surface area contributed by atoms with Crippen LogP contribution in [0, 0.1) is 0 Å². The molecule has 0 fully saturated rings. The maximum atomic E-state index is 11.2. The van der Waals surface area contributed by atoms with E-state index in [0.717, 1.165) is 17.8 Å². The highest BCUT2D eigenvalue weighted by molar-refractivity contribution is 5.85. The zero-order chi connectivity index (χ0) is 15.1. The van der Waals surface area contributed by atoms with Crippen molar-refractivity contribution < 1.29 is 5.11 Å². The number of aliphatic hydroxyl groups is 1. The Morgan fingerprint density at radius 1 is 0.909 bits per heavy atom. The third-order valence-electron chi connectivity index (χ3n) is 3.46. The molecule has 0 bridgehead atoms. The quantitative estimate of drug-likeness (QED) is 0.746. The van der Waals surface area contributed by atoms with Crippen molar-refractivity contribution in [3.05, 3.63) is 60.7 Å². The van der Waals surface area contributed by atoms with E-state index in [-0.39, 0.29) is 12.4 Å². The largest absolute Gasteiger partial charge is 0.358 e. The van der Waals surface area contributed by atoms with Gasteiger partial charge in [0.1, 0.15) is 0 Å². The minimum atomic E-state index is -1.09. The van der Waals surface area contributed by atoms with E-state index in [1.54, 1.807) is 0 Å². The van der Waals surface area contributed by atoms with Crippen LogP contribution in [0.4, 0.5) is 11.4 Å². The van der Waals surface area contributed by atoms with Crippen LogP contribution in [0.25, 0.3) is 0 Å². The number of nitrogens with one attached hydrogen (secondary N) is 1. The lowest BCUT2D eigenvalue weighted by Gasteiger charge is -2.41. The molecule has 2 rings (SSSR count). The summed E-state index contributed by atoms with van der Waals surface area (Å²) < 4.78 is 0. The Morgan fingerprint density at radius 3 is 1.73 bits per heavy atom. The summed E-state index contributed by atoms with van der Waals surface area (Å²) in [5, 5.41) is 14.4. The van der Waals surface area contributed by atoms with E-state index >= 15 is 0 Å². The van der Waals surface area contributed by atoms with Gasteiger partial charge in [0, 0.05) is 17.8 Å². The SMILES string of the molecule is CCCC(O)(NCC)N(c1ccccc1)c1ccccc1.Cl. The van der Waals surface area contributed by atoms with E-state index in [1.807, 2.05) is 72.5 Å². The Hall–Kier alpha value is -1.55. The van der Waals surface area contributed by atoms with Gasteiger partial charge in [-0.2, -0.15) is 0 Å². The number of para-hydroxylation sites is 2. The number of benzene rings is 2. The summed E-state index contributed by atoms with van der Waals surface area (Å²) in [5.74, 6) is -1.09. The molecule has 0 aromatic heterocycles. The molecule has 2 aromatic rings. The zero-order valence-corrected chi connectivity index (χ0v) is 14.0. The monoisotopic (exact) mass is 320 g/mol. The molecule has 4 heteroatoms. The van der Waals surface area contributed by atoms with Crippen molar-refractivity contribution in [2.75, 3.05) is 11.4 Å². The van der Waals surface area contributed by atoms with Gasteiger partial charge in [-0.1, -0.05) is 56.7 Å². The van der Waals surface area contributed by atoms with Gasteiger partial charge in [0.2, 0.25) is 0 Å². The zero-order valence-electron chi connectivity index (χ0n) is 13.2. The van der Waals surface area contributed by atoms with Gasteiger partial charge in [-0.15, -0.1) is 12.4 Å². The van der Waals surface area contributed by atoms with Gasteiger partial charge in [-0.3, -0.25) is 5.32 Å². The van der Waals surface area contributed by atoms with Crippen molar-refractivity contribution in [2.24, 2.45) is 0 Å². The van der Waals surface area contributed by atoms with Crippen molar-refractivity contribution in [3.63, 3.8) is 0 Å². The Bertz CT molecular complexity index is 488. The molecular weight excluding hydrogens is 296 g/mol. The smallest absolute Gasteiger partial charge is 0.199 e. The van der Waals surface area contributed by atoms with Crippen molar-refractivity contribution >= 4 is 23.8 Å². The average molecular weight is 321 g/mol. The molecular formula is C18H25ClN2O. The molecule has 1 unspecified atom stereocenters. The molecule has 0 aliphatic rings. The van der Waals surface area contributed by atoms with E-state index in [0.29, 0.717) is 13.0 Å². The molecule has 0 saturated carbocycles. The first-order valence-corrected chi connectivity index (χ1v) is 7.59. The van der Waals surface area contributed by atoms with Crippen LogP contribution in [0.3, 0.4) is 0 Å². The minimum Gasteiger partial charge on any atom is -0.358 e. The molecule has 3 nitrogen and oxygen atoms in total. The average Bonchev–Trinajstić information content (AvgIpc) is 2.50. The lowest BCUT2D eigenvalue weighted by atomic mass is 10.1. The highest BCUT2D eigenvalue weighted by Crippen LogP contribution is 2.32. The number of hydrogen-bond acceptors (Lipinski definition) is 3. The minimum absolute atomic E-state index is 0. The second kappa shape index (κ2) is 8.79. The predicted octanol–water partition coefficient (Wildman–Crippen LogP) is 4.30. The molecule has 1 atom stereocenters. The van der Waals surface area contributed by atoms with Gasteiger partial charge in [0.05, 0.1) is 0 Å². The fraction of sp³-hybridized carbons (Fsp3) is 0.333. The van der Waals surface area contributed by atoms with Crippen LogP contribution in [0.1, 0.15) is 26.7 Å². The molecule has 2 N–H and O–H groups in total. The van der Waals surface area contributed by atoms with Crippen LogP contribution in [-0.2, 0) is 0 Å².